The molecule has 4 rings (SSSR count). The van der Waals surface area contributed by atoms with Crippen LogP contribution in [0.4, 0.5) is 0 Å². The van der Waals surface area contributed by atoms with Crippen molar-refractivity contribution in [2.75, 3.05) is 0 Å². The number of nitrogens with zero attached hydrogens (tertiary/aromatic N) is 2. The van der Waals surface area contributed by atoms with Crippen LogP contribution in [0.3, 0.4) is 0 Å². The molecule has 1 N–H and O–H groups in total. The standard InChI is InChI=1S/C20H22N2O/c1-13-14(2)22-11-17(12-23)18-9-8-16(10-19(18)20(22)21-13)15-6-4-3-5-7-15/h3-7,11,16,23H,8-10,12H2,1-2H3/t16-/m0/s1. The van der Waals surface area contributed by atoms with Gasteiger partial charge in [0.15, 0.2) is 0 Å². The number of aliphatic hydroxyl groups is 1. The van der Waals surface area contributed by atoms with E-state index in [-0.39, 0.29) is 6.61 Å². The highest BCUT2D eigenvalue weighted by Crippen LogP contribution is 2.36. The Labute approximate surface area is 136 Å². The highest BCUT2D eigenvalue weighted by Gasteiger charge is 2.25. The lowest BCUT2D eigenvalue weighted by molar-refractivity contribution is 0.279. The number of aryl methyl sites for hydroxylation is 2. The minimum Gasteiger partial charge on any atom is -0.392 e. The van der Waals surface area contributed by atoms with E-state index in [0.717, 1.165) is 36.2 Å². The average Bonchev–Trinajstić information content (AvgIpc) is 2.89. The summed E-state index contributed by atoms with van der Waals surface area (Å²) in [6.45, 7) is 4.26. The third-order valence-electron chi connectivity index (χ3n) is 5.33. The Morgan fingerprint density at radius 2 is 1.96 bits per heavy atom. The van der Waals surface area contributed by atoms with Crippen LogP contribution in [0.15, 0.2) is 36.5 Å². The molecule has 2 heterocycles. The summed E-state index contributed by atoms with van der Waals surface area (Å²) in [4.78, 5) is 4.81. The van der Waals surface area contributed by atoms with E-state index >= 15 is 0 Å². The minimum atomic E-state index is 0.102. The molecule has 0 unspecified atom stereocenters. The van der Waals surface area contributed by atoms with Crippen LogP contribution in [0.5, 0.6) is 0 Å². The maximum absolute atomic E-state index is 9.80. The predicted molar refractivity (Wildman–Crippen MR) is 91.8 cm³/mol. The van der Waals surface area contributed by atoms with Crippen LogP contribution in [-0.2, 0) is 19.4 Å². The van der Waals surface area contributed by atoms with E-state index in [4.69, 9.17) is 4.98 Å². The molecule has 0 amide bonds. The van der Waals surface area contributed by atoms with Crippen molar-refractivity contribution >= 4 is 5.65 Å². The van der Waals surface area contributed by atoms with Crippen LogP contribution in [-0.4, -0.2) is 14.5 Å². The Morgan fingerprint density at radius 1 is 1.17 bits per heavy atom. The lowest BCUT2D eigenvalue weighted by Crippen LogP contribution is -2.17. The Kier molecular flexibility index (Phi) is 3.46. The fraction of sp³-hybridized carbons (Fsp3) is 0.350. The van der Waals surface area contributed by atoms with Crippen molar-refractivity contribution < 1.29 is 5.11 Å². The number of hydrogen-bond donors (Lipinski definition) is 1. The zero-order valence-electron chi connectivity index (χ0n) is 13.7. The predicted octanol–water partition coefficient (Wildman–Crippen LogP) is 3.72. The molecule has 0 bridgehead atoms. The smallest absolute Gasteiger partial charge is 0.140 e. The highest BCUT2D eigenvalue weighted by atomic mass is 16.3. The molecule has 2 aromatic heterocycles. The zero-order valence-corrected chi connectivity index (χ0v) is 13.7. The summed E-state index contributed by atoms with van der Waals surface area (Å²) in [5.74, 6) is 0.541. The molecule has 1 atom stereocenters. The second-order valence-corrected chi connectivity index (χ2v) is 6.60. The second-order valence-electron chi connectivity index (χ2n) is 6.60. The van der Waals surface area contributed by atoms with Gasteiger partial charge in [-0.05, 0) is 61.3 Å². The van der Waals surface area contributed by atoms with Crippen LogP contribution in [0.1, 0.15) is 46.0 Å². The van der Waals surface area contributed by atoms with Gasteiger partial charge in [0.25, 0.3) is 0 Å². The van der Waals surface area contributed by atoms with Crippen molar-refractivity contribution in [3.63, 3.8) is 0 Å². The number of fused-ring (bicyclic) bond motifs is 3. The Morgan fingerprint density at radius 3 is 2.70 bits per heavy atom. The van der Waals surface area contributed by atoms with Gasteiger partial charge >= 0.3 is 0 Å². The molecule has 118 valence electrons. The van der Waals surface area contributed by atoms with Gasteiger partial charge in [-0.3, -0.25) is 0 Å². The number of rotatable bonds is 2. The first-order valence-corrected chi connectivity index (χ1v) is 8.33. The first kappa shape index (κ1) is 14.5. The number of aliphatic hydroxyl groups excluding tert-OH is 1. The van der Waals surface area contributed by atoms with Crippen molar-refractivity contribution in [2.45, 2.75) is 45.6 Å². The van der Waals surface area contributed by atoms with Crippen LogP contribution < -0.4 is 0 Å². The SMILES string of the molecule is Cc1nc2c3c(c(CO)cn2c1C)CC[C@H](c1ccccc1)C3. The monoisotopic (exact) mass is 306 g/mol. The summed E-state index contributed by atoms with van der Waals surface area (Å²) in [7, 11) is 0. The maximum Gasteiger partial charge on any atom is 0.140 e. The molecule has 0 saturated heterocycles. The molecule has 3 aromatic rings. The summed E-state index contributed by atoms with van der Waals surface area (Å²) in [6, 6.07) is 10.8. The molecule has 0 spiro atoms. The van der Waals surface area contributed by atoms with Gasteiger partial charge in [0, 0.05) is 11.9 Å². The largest absolute Gasteiger partial charge is 0.392 e. The van der Waals surface area contributed by atoms with Crippen molar-refractivity contribution in [1.29, 1.82) is 0 Å². The van der Waals surface area contributed by atoms with E-state index in [1.165, 1.54) is 22.4 Å². The molecule has 1 aliphatic rings. The topological polar surface area (TPSA) is 37.5 Å². The van der Waals surface area contributed by atoms with Crippen molar-refractivity contribution in [1.82, 2.24) is 9.38 Å². The fourth-order valence-electron chi connectivity index (χ4n) is 3.90. The minimum absolute atomic E-state index is 0.102. The van der Waals surface area contributed by atoms with E-state index in [0.29, 0.717) is 5.92 Å². The number of benzene rings is 1. The van der Waals surface area contributed by atoms with Gasteiger partial charge in [0.05, 0.1) is 12.3 Å². The lowest BCUT2D eigenvalue weighted by atomic mass is 9.79. The molecule has 1 aliphatic carbocycles. The van der Waals surface area contributed by atoms with Gasteiger partial charge < -0.3 is 9.51 Å². The van der Waals surface area contributed by atoms with Gasteiger partial charge in [-0.15, -0.1) is 0 Å². The molecule has 0 aliphatic heterocycles. The van der Waals surface area contributed by atoms with E-state index < -0.39 is 0 Å². The first-order valence-electron chi connectivity index (χ1n) is 8.33. The zero-order chi connectivity index (χ0) is 16.0. The molecule has 3 heteroatoms. The third kappa shape index (κ3) is 2.27. The molecule has 0 radical (unpaired) electrons. The van der Waals surface area contributed by atoms with Gasteiger partial charge in [-0.25, -0.2) is 4.98 Å². The van der Waals surface area contributed by atoms with Crippen LogP contribution in [0.25, 0.3) is 5.65 Å². The summed E-state index contributed by atoms with van der Waals surface area (Å²) in [6.07, 6.45) is 5.24. The molecule has 3 nitrogen and oxygen atoms in total. The summed E-state index contributed by atoms with van der Waals surface area (Å²) < 4.78 is 2.16. The average molecular weight is 306 g/mol. The molecule has 23 heavy (non-hydrogen) atoms. The number of pyridine rings is 1. The summed E-state index contributed by atoms with van der Waals surface area (Å²) >= 11 is 0. The molecule has 0 fully saturated rings. The fourth-order valence-corrected chi connectivity index (χ4v) is 3.90. The molecular formula is C20H22N2O. The van der Waals surface area contributed by atoms with E-state index in [1.54, 1.807) is 0 Å². The number of hydrogen-bond acceptors (Lipinski definition) is 2. The normalized spacial score (nSPS) is 17.4. The van der Waals surface area contributed by atoms with Crippen LogP contribution >= 0.6 is 0 Å². The van der Waals surface area contributed by atoms with E-state index in [2.05, 4.69) is 54.8 Å². The molecular weight excluding hydrogens is 284 g/mol. The Balaban J connectivity index is 1.87. The van der Waals surface area contributed by atoms with E-state index in [9.17, 15) is 5.11 Å². The summed E-state index contributed by atoms with van der Waals surface area (Å²) in [5.41, 5.74) is 8.42. The maximum atomic E-state index is 9.80. The van der Waals surface area contributed by atoms with Crippen LogP contribution in [0.2, 0.25) is 0 Å². The third-order valence-corrected chi connectivity index (χ3v) is 5.33. The Bertz CT molecular complexity index is 864. The van der Waals surface area contributed by atoms with Gasteiger partial charge in [0.1, 0.15) is 5.65 Å². The van der Waals surface area contributed by atoms with Crippen molar-refractivity contribution in [3.8, 4) is 0 Å². The highest BCUT2D eigenvalue weighted by molar-refractivity contribution is 5.58. The van der Waals surface area contributed by atoms with Crippen LogP contribution in [0, 0.1) is 13.8 Å². The van der Waals surface area contributed by atoms with Gasteiger partial charge in [-0.1, -0.05) is 30.3 Å². The molecule has 1 aromatic carbocycles. The summed E-state index contributed by atoms with van der Waals surface area (Å²) in [5, 5.41) is 9.80. The second kappa shape index (κ2) is 5.50. The lowest BCUT2D eigenvalue weighted by Gasteiger charge is -2.27. The van der Waals surface area contributed by atoms with Crippen molar-refractivity contribution in [2.24, 2.45) is 0 Å². The van der Waals surface area contributed by atoms with Gasteiger partial charge in [-0.2, -0.15) is 0 Å². The van der Waals surface area contributed by atoms with E-state index in [1.807, 2.05) is 0 Å². The Hall–Kier alpha value is -2.13. The quantitative estimate of drug-likeness (QED) is 0.783. The van der Waals surface area contributed by atoms with Crippen molar-refractivity contribution in [3.05, 3.63) is 70.2 Å². The number of aromatic nitrogens is 2. The molecule has 0 saturated carbocycles. The first-order chi connectivity index (χ1) is 11.2. The van der Waals surface area contributed by atoms with Gasteiger partial charge in [0.2, 0.25) is 0 Å². The number of imidazole rings is 1.